The van der Waals surface area contributed by atoms with Crippen molar-refractivity contribution in [1.82, 2.24) is 0 Å². The van der Waals surface area contributed by atoms with Crippen LogP contribution in [0.2, 0.25) is 0 Å². The van der Waals surface area contributed by atoms with E-state index in [-0.39, 0.29) is 23.2 Å². The van der Waals surface area contributed by atoms with Crippen molar-refractivity contribution in [2.45, 2.75) is 32.6 Å². The average Bonchev–Trinajstić information content (AvgIpc) is 2.81. The summed E-state index contributed by atoms with van der Waals surface area (Å²) >= 11 is 0. The number of carbonyl (C=O) groups excluding carboxylic acids is 1. The Labute approximate surface area is 181 Å². The summed E-state index contributed by atoms with van der Waals surface area (Å²) in [6.07, 6.45) is 1.69. The number of fused-ring (bicyclic) bond motifs is 3. The first-order valence-electron chi connectivity index (χ1n) is 10.8. The van der Waals surface area contributed by atoms with Crippen LogP contribution in [0.5, 0.6) is 11.5 Å². The Morgan fingerprint density at radius 3 is 2.13 bits per heavy atom. The predicted molar refractivity (Wildman–Crippen MR) is 123 cm³/mol. The molecule has 1 aliphatic rings. The molecule has 2 N–H and O–H groups in total. The van der Waals surface area contributed by atoms with Crippen molar-refractivity contribution in [3.8, 4) is 11.5 Å². The van der Waals surface area contributed by atoms with Crippen molar-refractivity contribution in [2.24, 2.45) is 0 Å². The fourth-order valence-electron chi connectivity index (χ4n) is 4.78. The molecule has 0 amide bonds. The highest BCUT2D eigenvalue weighted by molar-refractivity contribution is 6.13. The summed E-state index contributed by atoms with van der Waals surface area (Å²) in [6.45, 7) is 4.16. The van der Waals surface area contributed by atoms with Gasteiger partial charge in [0.1, 0.15) is 11.5 Å². The fourth-order valence-corrected chi connectivity index (χ4v) is 4.78. The van der Waals surface area contributed by atoms with Gasteiger partial charge < -0.3 is 10.2 Å². The third-order valence-corrected chi connectivity index (χ3v) is 6.50. The van der Waals surface area contributed by atoms with Crippen LogP contribution in [0.25, 0.3) is 10.8 Å². The van der Waals surface area contributed by atoms with Gasteiger partial charge in [0.15, 0.2) is 5.78 Å². The summed E-state index contributed by atoms with van der Waals surface area (Å²) in [7, 11) is 0. The Balaban J connectivity index is 1.85. The van der Waals surface area contributed by atoms with Crippen molar-refractivity contribution in [2.75, 3.05) is 0 Å². The van der Waals surface area contributed by atoms with Crippen LogP contribution in [0.3, 0.4) is 0 Å². The van der Waals surface area contributed by atoms with E-state index in [1.165, 1.54) is 0 Å². The van der Waals surface area contributed by atoms with Gasteiger partial charge in [-0.2, -0.15) is 0 Å². The topological polar surface area (TPSA) is 57.5 Å². The molecule has 5 rings (SSSR count). The number of aromatic hydroxyl groups is 2. The largest absolute Gasteiger partial charge is 0.507 e. The number of benzene rings is 4. The quantitative estimate of drug-likeness (QED) is 0.355. The van der Waals surface area contributed by atoms with E-state index in [4.69, 9.17) is 0 Å². The molecule has 0 bridgehead atoms. The molecule has 1 aliphatic carbocycles. The van der Waals surface area contributed by atoms with Gasteiger partial charge in [-0.05, 0) is 47.2 Å². The molecule has 4 aromatic carbocycles. The summed E-state index contributed by atoms with van der Waals surface area (Å²) < 4.78 is 0. The molecule has 0 fully saturated rings. The van der Waals surface area contributed by atoms with Gasteiger partial charge in [0.2, 0.25) is 0 Å². The second-order valence-corrected chi connectivity index (χ2v) is 8.19. The van der Waals surface area contributed by atoms with Crippen molar-refractivity contribution in [1.29, 1.82) is 0 Å². The zero-order valence-corrected chi connectivity index (χ0v) is 17.6. The van der Waals surface area contributed by atoms with Crippen LogP contribution in [-0.2, 0) is 12.8 Å². The molecule has 0 heterocycles. The zero-order chi connectivity index (χ0) is 21.7. The molecule has 3 nitrogen and oxygen atoms in total. The molecule has 0 radical (unpaired) electrons. The van der Waals surface area contributed by atoms with Crippen molar-refractivity contribution < 1.29 is 15.0 Å². The maximum absolute atomic E-state index is 13.4. The number of rotatable bonds is 3. The predicted octanol–water partition coefficient (Wildman–Crippen LogP) is 6.10. The molecule has 0 aromatic heterocycles. The first-order chi connectivity index (χ1) is 15.0. The van der Waals surface area contributed by atoms with E-state index < -0.39 is 0 Å². The highest BCUT2D eigenvalue weighted by Gasteiger charge is 2.34. The first kappa shape index (κ1) is 19.4. The Bertz CT molecular complexity index is 1350. The minimum absolute atomic E-state index is 0.0173. The number of ketones is 1. The lowest BCUT2D eigenvalue weighted by molar-refractivity contribution is 0.103. The van der Waals surface area contributed by atoms with E-state index >= 15 is 0 Å². The molecular formula is C28H24O3. The Hall–Kier alpha value is -3.59. The van der Waals surface area contributed by atoms with Crippen molar-refractivity contribution >= 4 is 16.6 Å². The van der Waals surface area contributed by atoms with Crippen LogP contribution >= 0.6 is 0 Å². The lowest BCUT2D eigenvalue weighted by atomic mass is 9.72. The van der Waals surface area contributed by atoms with Gasteiger partial charge in [0, 0.05) is 33.4 Å². The summed E-state index contributed by atoms with van der Waals surface area (Å²) in [5, 5.41) is 23.3. The van der Waals surface area contributed by atoms with E-state index in [1.807, 2.05) is 48.5 Å². The zero-order valence-electron chi connectivity index (χ0n) is 17.6. The average molecular weight is 408 g/mol. The number of hydrogen-bond acceptors (Lipinski definition) is 3. The van der Waals surface area contributed by atoms with Gasteiger partial charge in [-0.1, -0.05) is 68.4 Å². The van der Waals surface area contributed by atoms with E-state index in [0.717, 1.165) is 35.1 Å². The molecule has 1 unspecified atom stereocenters. The van der Waals surface area contributed by atoms with Gasteiger partial charge in [-0.15, -0.1) is 0 Å². The van der Waals surface area contributed by atoms with Gasteiger partial charge >= 0.3 is 0 Å². The number of phenolic OH excluding ortho intramolecular Hbond substituents is 2. The second-order valence-electron chi connectivity index (χ2n) is 8.19. The summed E-state index contributed by atoms with van der Waals surface area (Å²) in [5.74, 6) is -0.0503. The molecule has 4 aromatic rings. The van der Waals surface area contributed by atoms with Crippen molar-refractivity contribution in [3.05, 3.63) is 106 Å². The molecule has 0 saturated heterocycles. The SMILES string of the molecule is CCc1ccc2c(c1)C(=O)c1ccc(CC)cc1C2c1cc(O)c2ccccc2c1O. The Kier molecular flexibility index (Phi) is 4.55. The van der Waals surface area contributed by atoms with Crippen LogP contribution in [0.15, 0.2) is 66.7 Å². The minimum atomic E-state index is -0.337. The van der Waals surface area contributed by atoms with E-state index in [9.17, 15) is 15.0 Å². The lowest BCUT2D eigenvalue weighted by Gasteiger charge is -2.30. The Morgan fingerprint density at radius 2 is 1.39 bits per heavy atom. The van der Waals surface area contributed by atoms with Crippen LogP contribution in [0, 0.1) is 0 Å². The Morgan fingerprint density at radius 1 is 0.710 bits per heavy atom. The lowest BCUT2D eigenvalue weighted by Crippen LogP contribution is -2.21. The van der Waals surface area contributed by atoms with Gasteiger partial charge in [-0.25, -0.2) is 0 Å². The molecule has 3 heteroatoms. The number of carbonyl (C=O) groups is 1. The van der Waals surface area contributed by atoms with Crippen LogP contribution in [0.1, 0.15) is 63.5 Å². The third-order valence-electron chi connectivity index (χ3n) is 6.50. The summed E-state index contributed by atoms with van der Waals surface area (Å²) in [5.41, 5.74) is 5.94. The molecular weight excluding hydrogens is 384 g/mol. The molecule has 0 aliphatic heterocycles. The maximum atomic E-state index is 13.4. The van der Waals surface area contributed by atoms with Crippen LogP contribution in [0.4, 0.5) is 0 Å². The van der Waals surface area contributed by atoms with E-state index in [1.54, 1.807) is 12.1 Å². The fraction of sp³-hybridized carbons (Fsp3) is 0.179. The first-order valence-corrected chi connectivity index (χ1v) is 10.8. The van der Waals surface area contributed by atoms with E-state index in [0.29, 0.717) is 27.5 Å². The number of hydrogen-bond donors (Lipinski definition) is 2. The number of aryl methyl sites for hydroxylation is 2. The molecule has 1 atom stereocenters. The second kappa shape index (κ2) is 7.28. The highest BCUT2D eigenvalue weighted by Crippen LogP contribution is 2.47. The monoisotopic (exact) mass is 408 g/mol. The van der Waals surface area contributed by atoms with Gasteiger partial charge in [-0.3, -0.25) is 4.79 Å². The maximum Gasteiger partial charge on any atom is 0.193 e. The van der Waals surface area contributed by atoms with E-state index in [2.05, 4.69) is 19.9 Å². The molecule has 0 saturated carbocycles. The smallest absolute Gasteiger partial charge is 0.193 e. The normalized spacial score (nSPS) is 15.0. The third kappa shape index (κ3) is 2.92. The van der Waals surface area contributed by atoms with Gasteiger partial charge in [0.05, 0.1) is 0 Å². The van der Waals surface area contributed by atoms with Gasteiger partial charge in [0.25, 0.3) is 0 Å². The molecule has 31 heavy (non-hydrogen) atoms. The minimum Gasteiger partial charge on any atom is -0.507 e. The number of phenols is 2. The summed E-state index contributed by atoms with van der Waals surface area (Å²) in [6, 6.07) is 20.9. The highest BCUT2D eigenvalue weighted by atomic mass is 16.3. The standard InChI is InChI=1S/C28H24O3/c1-3-16-10-12-21-22(13-16)26(19-11-9-17(4-2)14-23(19)27(21)30)24-15-25(29)18-7-5-6-8-20(18)28(24)31/h5-15,26,29,31H,3-4H2,1-2H3. The van der Waals surface area contributed by atoms with Crippen LogP contribution in [-0.4, -0.2) is 16.0 Å². The van der Waals surface area contributed by atoms with Crippen molar-refractivity contribution in [3.63, 3.8) is 0 Å². The summed E-state index contributed by atoms with van der Waals surface area (Å²) in [4.78, 5) is 13.4. The molecule has 0 spiro atoms. The van der Waals surface area contributed by atoms with Crippen LogP contribution < -0.4 is 0 Å². The molecule has 154 valence electrons.